The second-order valence-corrected chi connectivity index (χ2v) is 3.95. The van der Waals surface area contributed by atoms with Gasteiger partial charge in [0.1, 0.15) is 6.61 Å². The Balaban J connectivity index is 2.18. The predicted octanol–water partition coefficient (Wildman–Crippen LogP) is 1.43. The van der Waals surface area contributed by atoms with E-state index in [1.807, 2.05) is 0 Å². The van der Waals surface area contributed by atoms with Crippen LogP contribution in [-0.4, -0.2) is 42.8 Å². The number of hydrogen-bond donors (Lipinski definition) is 0. The topological polar surface area (TPSA) is 29.5 Å². The number of carbonyl (C=O) groups excluding carboxylic acids is 1. The highest BCUT2D eigenvalue weighted by Gasteiger charge is 2.36. The van der Waals surface area contributed by atoms with Crippen LogP contribution in [0.25, 0.3) is 0 Å². The zero-order valence-electron chi connectivity index (χ0n) is 8.67. The summed E-state index contributed by atoms with van der Waals surface area (Å²) in [6.45, 7) is 2.82. The van der Waals surface area contributed by atoms with Crippen LogP contribution in [0, 0.1) is 5.92 Å². The van der Waals surface area contributed by atoms with Gasteiger partial charge in [-0.1, -0.05) is 13.8 Å². The van der Waals surface area contributed by atoms with E-state index in [2.05, 4.69) is 4.74 Å². The normalized spacial score (nSPS) is 18.1. The Morgan fingerprint density at radius 1 is 1.47 bits per heavy atom. The van der Waals surface area contributed by atoms with Gasteiger partial charge < -0.3 is 9.64 Å². The van der Waals surface area contributed by atoms with Crippen LogP contribution in [0.5, 0.6) is 0 Å². The van der Waals surface area contributed by atoms with Crippen LogP contribution < -0.4 is 0 Å². The molecule has 1 amide bonds. The lowest BCUT2D eigenvalue weighted by Gasteiger charge is -2.39. The molecule has 15 heavy (non-hydrogen) atoms. The van der Waals surface area contributed by atoms with E-state index >= 15 is 0 Å². The number of halogens is 3. The summed E-state index contributed by atoms with van der Waals surface area (Å²) in [6, 6.07) is 0. The van der Waals surface area contributed by atoms with E-state index in [1.165, 1.54) is 4.90 Å². The molecule has 0 aromatic rings. The van der Waals surface area contributed by atoms with E-state index in [1.54, 1.807) is 13.8 Å². The summed E-state index contributed by atoms with van der Waals surface area (Å²) in [5, 5.41) is 0. The first-order valence-electron chi connectivity index (χ1n) is 4.76. The molecule has 0 radical (unpaired) electrons. The van der Waals surface area contributed by atoms with Crippen molar-refractivity contribution in [2.75, 3.05) is 19.7 Å². The van der Waals surface area contributed by atoms with Crippen molar-refractivity contribution in [2.24, 2.45) is 5.92 Å². The fourth-order valence-corrected chi connectivity index (χ4v) is 1.30. The Hall–Kier alpha value is -0.780. The van der Waals surface area contributed by atoms with Crippen LogP contribution in [0.15, 0.2) is 0 Å². The molecule has 6 heteroatoms. The average Bonchev–Trinajstić information content (AvgIpc) is 1.98. The number of ether oxygens (including phenoxy) is 1. The maximum Gasteiger partial charge on any atom is 0.411 e. The zero-order chi connectivity index (χ0) is 11.6. The van der Waals surface area contributed by atoms with Crippen molar-refractivity contribution in [1.82, 2.24) is 4.90 Å². The molecule has 0 N–H and O–H groups in total. The van der Waals surface area contributed by atoms with E-state index in [0.717, 1.165) is 0 Å². The second-order valence-electron chi connectivity index (χ2n) is 3.95. The number of likely N-dealkylation sites (tertiary alicyclic amines) is 1. The standard InChI is InChI=1S/C9H14F3NO2/c1-6(2)8(14)13-3-7(4-13)15-5-9(10,11)12/h6-7H,3-5H2,1-2H3. The molecule has 0 aromatic carbocycles. The van der Waals surface area contributed by atoms with Gasteiger partial charge in [0.2, 0.25) is 5.91 Å². The first-order chi connectivity index (χ1) is 6.79. The Bertz CT molecular complexity index is 234. The summed E-state index contributed by atoms with van der Waals surface area (Å²) in [4.78, 5) is 12.8. The first-order valence-corrected chi connectivity index (χ1v) is 4.76. The summed E-state index contributed by atoms with van der Waals surface area (Å²) in [5.74, 6) is -0.157. The van der Waals surface area contributed by atoms with Crippen LogP contribution >= 0.6 is 0 Å². The predicted molar refractivity (Wildman–Crippen MR) is 47.2 cm³/mol. The minimum absolute atomic E-state index is 0.0399. The fourth-order valence-electron chi connectivity index (χ4n) is 1.30. The highest BCUT2D eigenvalue weighted by atomic mass is 19.4. The van der Waals surface area contributed by atoms with E-state index in [9.17, 15) is 18.0 Å². The summed E-state index contributed by atoms with van der Waals surface area (Å²) < 4.78 is 39.8. The average molecular weight is 225 g/mol. The van der Waals surface area contributed by atoms with Crippen molar-refractivity contribution in [3.8, 4) is 0 Å². The molecule has 1 aliphatic heterocycles. The SMILES string of the molecule is CC(C)C(=O)N1CC(OCC(F)(F)F)C1. The number of alkyl halides is 3. The van der Waals surface area contributed by atoms with Gasteiger partial charge in [-0.25, -0.2) is 0 Å². The largest absolute Gasteiger partial charge is 0.411 e. The molecule has 0 bridgehead atoms. The third kappa shape index (κ3) is 3.70. The van der Waals surface area contributed by atoms with Gasteiger partial charge in [-0.15, -0.1) is 0 Å². The Labute approximate surface area is 86.2 Å². The highest BCUT2D eigenvalue weighted by molar-refractivity contribution is 5.78. The number of nitrogens with zero attached hydrogens (tertiary/aromatic N) is 1. The van der Waals surface area contributed by atoms with Gasteiger partial charge in [0.15, 0.2) is 0 Å². The smallest absolute Gasteiger partial charge is 0.365 e. The van der Waals surface area contributed by atoms with Crippen molar-refractivity contribution >= 4 is 5.91 Å². The highest BCUT2D eigenvalue weighted by Crippen LogP contribution is 2.20. The number of rotatable bonds is 3. The quantitative estimate of drug-likeness (QED) is 0.727. The van der Waals surface area contributed by atoms with Gasteiger partial charge in [-0.2, -0.15) is 13.2 Å². The summed E-state index contributed by atoms with van der Waals surface area (Å²) in [5.41, 5.74) is 0. The van der Waals surface area contributed by atoms with Gasteiger partial charge in [0, 0.05) is 19.0 Å². The minimum Gasteiger partial charge on any atom is -0.365 e. The van der Waals surface area contributed by atoms with E-state index < -0.39 is 18.9 Å². The third-order valence-electron chi connectivity index (χ3n) is 2.14. The van der Waals surface area contributed by atoms with Crippen LogP contribution in [0.1, 0.15) is 13.8 Å². The van der Waals surface area contributed by atoms with Gasteiger partial charge >= 0.3 is 6.18 Å². The molecule has 0 aliphatic carbocycles. The van der Waals surface area contributed by atoms with Crippen molar-refractivity contribution in [1.29, 1.82) is 0 Å². The van der Waals surface area contributed by atoms with Crippen LogP contribution in [-0.2, 0) is 9.53 Å². The number of amides is 1. The lowest BCUT2D eigenvalue weighted by molar-refractivity contribution is -0.200. The third-order valence-corrected chi connectivity index (χ3v) is 2.14. The molecule has 1 heterocycles. The lowest BCUT2D eigenvalue weighted by Crippen LogP contribution is -2.56. The summed E-state index contributed by atoms with van der Waals surface area (Å²) >= 11 is 0. The first kappa shape index (κ1) is 12.3. The maximum atomic E-state index is 11.8. The zero-order valence-corrected chi connectivity index (χ0v) is 8.67. The maximum absolute atomic E-state index is 11.8. The molecule has 88 valence electrons. The summed E-state index contributed by atoms with van der Waals surface area (Å²) in [7, 11) is 0. The molecule has 1 rings (SSSR count). The molecule has 0 spiro atoms. The molecule has 0 saturated carbocycles. The van der Waals surface area contributed by atoms with Crippen LogP contribution in [0.4, 0.5) is 13.2 Å². The van der Waals surface area contributed by atoms with Gasteiger partial charge in [-0.3, -0.25) is 4.79 Å². The monoisotopic (exact) mass is 225 g/mol. The Kier molecular flexibility index (Phi) is 3.59. The minimum atomic E-state index is -4.29. The number of hydrogen-bond acceptors (Lipinski definition) is 2. The second kappa shape index (κ2) is 4.38. The molecular formula is C9H14F3NO2. The molecular weight excluding hydrogens is 211 g/mol. The lowest BCUT2D eigenvalue weighted by atomic mass is 10.1. The van der Waals surface area contributed by atoms with Crippen LogP contribution in [0.3, 0.4) is 0 Å². The fraction of sp³-hybridized carbons (Fsp3) is 0.889. The van der Waals surface area contributed by atoms with Crippen molar-refractivity contribution in [3.63, 3.8) is 0 Å². The molecule has 0 unspecified atom stereocenters. The summed E-state index contributed by atoms with van der Waals surface area (Å²) in [6.07, 6.45) is -4.75. The van der Waals surface area contributed by atoms with E-state index in [-0.39, 0.29) is 24.9 Å². The number of carbonyl (C=O) groups is 1. The Morgan fingerprint density at radius 3 is 2.40 bits per heavy atom. The Morgan fingerprint density at radius 2 is 2.00 bits per heavy atom. The van der Waals surface area contributed by atoms with Gasteiger partial charge in [0.25, 0.3) is 0 Å². The van der Waals surface area contributed by atoms with Crippen LogP contribution in [0.2, 0.25) is 0 Å². The van der Waals surface area contributed by atoms with E-state index in [0.29, 0.717) is 0 Å². The molecule has 0 aromatic heterocycles. The van der Waals surface area contributed by atoms with Gasteiger partial charge in [-0.05, 0) is 0 Å². The van der Waals surface area contributed by atoms with Crippen molar-refractivity contribution in [2.45, 2.75) is 26.1 Å². The molecule has 1 saturated heterocycles. The molecule has 1 aliphatic rings. The molecule has 1 fully saturated rings. The molecule has 3 nitrogen and oxygen atoms in total. The van der Waals surface area contributed by atoms with E-state index in [4.69, 9.17) is 0 Å². The molecule has 0 atom stereocenters. The van der Waals surface area contributed by atoms with Gasteiger partial charge in [0.05, 0.1) is 6.10 Å². The van der Waals surface area contributed by atoms with Crippen molar-refractivity contribution < 1.29 is 22.7 Å². The van der Waals surface area contributed by atoms with Crippen molar-refractivity contribution in [3.05, 3.63) is 0 Å².